The number of piperidine rings is 1. The monoisotopic (exact) mass is 697 g/mol. The average molecular weight is 698 g/mol. The number of nitrogens with one attached hydrogen (secondary N) is 5. The third-order valence-electron chi connectivity index (χ3n) is 8.76. The summed E-state index contributed by atoms with van der Waals surface area (Å²) < 4.78 is 0. The number of aryl methyl sites for hydroxylation is 1. The molecule has 0 saturated carbocycles. The highest BCUT2D eigenvalue weighted by Crippen LogP contribution is 2.20. The molecular formula is C39H51N7O5. The van der Waals surface area contributed by atoms with Gasteiger partial charge in [0.05, 0.1) is 24.3 Å². The first-order valence-corrected chi connectivity index (χ1v) is 17.6. The van der Waals surface area contributed by atoms with Crippen LogP contribution >= 0.6 is 0 Å². The van der Waals surface area contributed by atoms with Crippen molar-refractivity contribution < 1.29 is 24.0 Å². The van der Waals surface area contributed by atoms with Crippen LogP contribution in [0.25, 0.3) is 0 Å². The predicted molar refractivity (Wildman–Crippen MR) is 196 cm³/mol. The van der Waals surface area contributed by atoms with Gasteiger partial charge in [-0.3, -0.25) is 24.2 Å². The molecule has 1 aromatic heterocycles. The third kappa shape index (κ3) is 12.9. The number of hydrogen-bond donors (Lipinski definition) is 5. The van der Waals surface area contributed by atoms with E-state index in [1.807, 2.05) is 88.4 Å². The van der Waals surface area contributed by atoms with Crippen molar-refractivity contribution >= 4 is 35.3 Å². The Kier molecular flexibility index (Phi) is 14.1. The number of rotatable bonds is 14. The molecule has 1 aliphatic rings. The minimum Gasteiger partial charge on any atom is -0.355 e. The fourth-order valence-electron chi connectivity index (χ4n) is 5.73. The van der Waals surface area contributed by atoms with Gasteiger partial charge in [0.15, 0.2) is 0 Å². The zero-order chi connectivity index (χ0) is 36.8. The second-order valence-electron chi connectivity index (χ2n) is 14.3. The molecule has 12 nitrogen and oxygen atoms in total. The lowest BCUT2D eigenvalue weighted by molar-refractivity contribution is -0.132. The number of benzene rings is 2. The van der Waals surface area contributed by atoms with Crippen LogP contribution in [0.2, 0.25) is 0 Å². The summed E-state index contributed by atoms with van der Waals surface area (Å²) in [5, 5.41) is 14.3. The molecule has 0 bridgehead atoms. The minimum absolute atomic E-state index is 0.141. The molecule has 5 N–H and O–H groups in total. The maximum atomic E-state index is 13.9. The van der Waals surface area contributed by atoms with E-state index in [2.05, 4.69) is 31.6 Å². The van der Waals surface area contributed by atoms with E-state index in [9.17, 15) is 24.0 Å². The molecule has 2 heterocycles. The number of urea groups is 1. The van der Waals surface area contributed by atoms with Gasteiger partial charge in [-0.1, -0.05) is 81.4 Å². The second-order valence-corrected chi connectivity index (χ2v) is 14.3. The lowest BCUT2D eigenvalue weighted by Gasteiger charge is -2.33. The van der Waals surface area contributed by atoms with E-state index in [1.54, 1.807) is 29.4 Å². The van der Waals surface area contributed by atoms with Crippen molar-refractivity contribution in [3.63, 3.8) is 0 Å². The van der Waals surface area contributed by atoms with Crippen molar-refractivity contribution in [3.05, 3.63) is 96.3 Å². The number of hydrogen-bond acceptors (Lipinski definition) is 6. The first-order chi connectivity index (χ1) is 24.4. The van der Waals surface area contributed by atoms with E-state index < -0.39 is 29.9 Å². The second kappa shape index (κ2) is 18.7. The summed E-state index contributed by atoms with van der Waals surface area (Å²) in [7, 11) is 0. The Morgan fingerprint density at radius 2 is 1.47 bits per heavy atom. The molecule has 6 amide bonds. The van der Waals surface area contributed by atoms with E-state index in [0.29, 0.717) is 51.0 Å². The molecule has 272 valence electrons. The van der Waals surface area contributed by atoms with Crippen LogP contribution in [0.15, 0.2) is 85.2 Å². The van der Waals surface area contributed by atoms with Crippen molar-refractivity contribution in [1.82, 2.24) is 31.2 Å². The normalized spacial score (nSPS) is 15.1. The highest BCUT2D eigenvalue weighted by molar-refractivity contribution is 5.95. The molecule has 3 aromatic rings. The Bertz CT molecular complexity index is 1590. The van der Waals surface area contributed by atoms with Gasteiger partial charge in [-0.05, 0) is 61.3 Å². The van der Waals surface area contributed by atoms with E-state index in [4.69, 9.17) is 0 Å². The molecule has 12 heteroatoms. The van der Waals surface area contributed by atoms with Crippen molar-refractivity contribution in [1.29, 1.82) is 0 Å². The predicted octanol–water partition coefficient (Wildman–Crippen LogP) is 4.36. The number of likely N-dealkylation sites (tertiary alicyclic amines) is 1. The minimum atomic E-state index is -1.25. The molecule has 1 saturated heterocycles. The number of carbonyl (C=O) groups is 5. The number of amides is 6. The van der Waals surface area contributed by atoms with E-state index in [-0.39, 0.29) is 35.6 Å². The molecular weight excluding hydrogens is 646 g/mol. The summed E-state index contributed by atoms with van der Waals surface area (Å²) >= 11 is 0. The number of carbonyl (C=O) groups excluding carboxylic acids is 5. The van der Waals surface area contributed by atoms with Crippen molar-refractivity contribution in [2.75, 3.05) is 25.0 Å². The number of pyridine rings is 1. The lowest BCUT2D eigenvalue weighted by Crippen LogP contribution is -2.57. The van der Waals surface area contributed by atoms with Crippen molar-refractivity contribution in [2.24, 2.45) is 11.3 Å². The van der Waals surface area contributed by atoms with Crippen LogP contribution in [0.3, 0.4) is 0 Å². The Morgan fingerprint density at radius 1 is 0.824 bits per heavy atom. The Balaban J connectivity index is 1.44. The fourth-order valence-corrected chi connectivity index (χ4v) is 5.73. The Hall–Kier alpha value is -5.26. The maximum Gasteiger partial charge on any atom is 0.318 e. The smallest absolute Gasteiger partial charge is 0.318 e. The summed E-state index contributed by atoms with van der Waals surface area (Å²) in [5.41, 5.74) is 2.33. The molecule has 2 aromatic carbocycles. The molecule has 0 radical (unpaired) electrons. The van der Waals surface area contributed by atoms with Crippen LogP contribution in [0, 0.1) is 11.3 Å². The summed E-state index contributed by atoms with van der Waals surface area (Å²) in [4.78, 5) is 72.6. The molecule has 0 aliphatic carbocycles. The zero-order valence-electron chi connectivity index (χ0n) is 30.0. The topological polar surface area (TPSA) is 162 Å². The molecule has 1 aliphatic heterocycles. The quantitative estimate of drug-likeness (QED) is 0.168. The van der Waals surface area contributed by atoms with E-state index >= 15 is 0 Å². The highest BCUT2D eigenvalue weighted by atomic mass is 16.2. The standard InChI is InChI=1S/C39H51N7O5/c1-27(29-14-9-6-10-15-29)42-36(49)32(18-17-28-12-7-5-8-13-28)44-37(50)33(24-34(47)41-26-39(2,3)4)45-38(51)46-22-19-30(20-23-46)35(48)43-31-16-11-21-40-25-31/h5-16,21,25,27,30,32-33H,17-20,22-24,26H2,1-4H3,(H,41,47)(H,42,49)(H,43,48)(H,44,50)(H,45,51)/t27-,32-,33-/m0/s1. The van der Waals surface area contributed by atoms with Gasteiger partial charge >= 0.3 is 6.03 Å². The van der Waals surface area contributed by atoms with Gasteiger partial charge in [0.1, 0.15) is 12.1 Å². The number of aromatic nitrogens is 1. The molecule has 0 spiro atoms. The van der Waals surface area contributed by atoms with Crippen LogP contribution in [-0.4, -0.2) is 71.3 Å². The first-order valence-electron chi connectivity index (χ1n) is 17.6. The summed E-state index contributed by atoms with van der Waals surface area (Å²) in [6.45, 7) is 8.77. The fraction of sp³-hybridized carbons (Fsp3) is 0.436. The van der Waals surface area contributed by atoms with Crippen molar-refractivity contribution in [3.8, 4) is 0 Å². The van der Waals surface area contributed by atoms with Gasteiger partial charge in [0.25, 0.3) is 0 Å². The molecule has 3 atom stereocenters. The SMILES string of the molecule is C[C@H](NC(=O)[C@H](CCc1ccccc1)NC(=O)[C@H](CC(=O)NCC(C)(C)C)NC(=O)N1CCC(C(=O)Nc2cccnc2)CC1)c1ccccc1. The summed E-state index contributed by atoms with van der Waals surface area (Å²) in [6, 6.07) is 19.6. The largest absolute Gasteiger partial charge is 0.355 e. The molecule has 0 unspecified atom stereocenters. The van der Waals surface area contributed by atoms with Crippen LogP contribution < -0.4 is 26.6 Å². The molecule has 1 fully saturated rings. The van der Waals surface area contributed by atoms with Crippen LogP contribution in [0.5, 0.6) is 0 Å². The lowest BCUT2D eigenvalue weighted by atomic mass is 9.96. The number of nitrogens with zero attached hydrogens (tertiary/aromatic N) is 2. The maximum absolute atomic E-state index is 13.9. The third-order valence-corrected chi connectivity index (χ3v) is 8.76. The zero-order valence-corrected chi connectivity index (χ0v) is 30.0. The van der Waals surface area contributed by atoms with Crippen LogP contribution in [-0.2, 0) is 25.6 Å². The van der Waals surface area contributed by atoms with Gasteiger partial charge in [-0.25, -0.2) is 4.79 Å². The van der Waals surface area contributed by atoms with Crippen molar-refractivity contribution in [2.45, 2.75) is 77.9 Å². The number of anilines is 1. The van der Waals surface area contributed by atoms with Gasteiger partial charge in [-0.15, -0.1) is 0 Å². The van der Waals surface area contributed by atoms with Crippen LogP contribution in [0.4, 0.5) is 10.5 Å². The van der Waals surface area contributed by atoms with Gasteiger partial charge in [-0.2, -0.15) is 0 Å². The summed E-state index contributed by atoms with van der Waals surface area (Å²) in [6.07, 6.45) is 4.57. The first kappa shape index (κ1) is 38.5. The summed E-state index contributed by atoms with van der Waals surface area (Å²) in [5.74, 6) is -1.85. The molecule has 4 rings (SSSR count). The Labute approximate surface area is 300 Å². The van der Waals surface area contributed by atoms with Gasteiger partial charge < -0.3 is 31.5 Å². The average Bonchev–Trinajstić information content (AvgIpc) is 3.13. The van der Waals surface area contributed by atoms with Gasteiger partial charge in [0, 0.05) is 31.7 Å². The Morgan fingerprint density at radius 3 is 2.10 bits per heavy atom. The molecule has 51 heavy (non-hydrogen) atoms. The highest BCUT2D eigenvalue weighted by Gasteiger charge is 2.33. The van der Waals surface area contributed by atoms with E-state index in [0.717, 1.165) is 11.1 Å². The van der Waals surface area contributed by atoms with Gasteiger partial charge in [0.2, 0.25) is 23.6 Å². The van der Waals surface area contributed by atoms with E-state index in [1.165, 1.54) is 0 Å². The van der Waals surface area contributed by atoms with Crippen LogP contribution in [0.1, 0.15) is 70.5 Å².